The fourth-order valence-electron chi connectivity index (χ4n) is 2.91. The van der Waals surface area contributed by atoms with Crippen LogP contribution in [-0.2, 0) is 0 Å². The molecule has 0 spiro atoms. The number of rotatable bonds is 7. The van der Waals surface area contributed by atoms with Crippen LogP contribution in [-0.4, -0.2) is 0 Å². The molecular weight excluding hydrogens is 498 g/mol. The summed E-state index contributed by atoms with van der Waals surface area (Å²) in [4.78, 5) is 3.82. The Balaban J connectivity index is 1.47. The third-order valence-electron chi connectivity index (χ3n) is 4.44. The Bertz CT molecular complexity index is 1240. The van der Waals surface area contributed by atoms with E-state index in [1.54, 1.807) is 24.3 Å². The monoisotopic (exact) mass is 510 g/mol. The average molecular weight is 510 g/mol. The van der Waals surface area contributed by atoms with Crippen molar-refractivity contribution in [1.82, 2.24) is 0 Å². The normalized spacial score (nSPS) is 10.6. The molecule has 4 aromatic rings. The van der Waals surface area contributed by atoms with Gasteiger partial charge in [-0.1, -0.05) is 0 Å². The first-order chi connectivity index (χ1) is 16.3. The fourth-order valence-corrected chi connectivity index (χ4v) is 5.02. The van der Waals surface area contributed by atoms with Gasteiger partial charge in [-0.3, -0.25) is 0 Å². The number of halogens is 6. The van der Waals surface area contributed by atoms with Crippen LogP contribution in [0.5, 0.6) is 11.5 Å². The van der Waals surface area contributed by atoms with Crippen molar-refractivity contribution in [2.24, 2.45) is 0 Å². The minimum atomic E-state index is -2.52. The van der Waals surface area contributed by atoms with Gasteiger partial charge in [-0.15, -0.1) is 22.7 Å². The molecule has 2 nitrogen and oxygen atoms in total. The van der Waals surface area contributed by atoms with Crippen molar-refractivity contribution in [1.29, 1.82) is 0 Å². The highest BCUT2D eigenvalue weighted by atomic mass is 32.1. The van der Waals surface area contributed by atoms with Crippen molar-refractivity contribution in [2.45, 2.75) is 0 Å². The van der Waals surface area contributed by atoms with Crippen LogP contribution < -0.4 is 9.47 Å². The van der Waals surface area contributed by atoms with Crippen LogP contribution in [0.15, 0.2) is 97.0 Å². The second kappa shape index (κ2) is 10.2. The molecule has 0 aliphatic carbocycles. The minimum absolute atomic E-state index is 0.0428. The quantitative estimate of drug-likeness (QED) is 0.182. The Morgan fingerprint density at radius 3 is 1.09 bits per heavy atom. The van der Waals surface area contributed by atoms with Gasteiger partial charge in [0, 0.05) is 19.5 Å². The van der Waals surface area contributed by atoms with Crippen LogP contribution in [0.4, 0.5) is 26.3 Å². The lowest BCUT2D eigenvalue weighted by molar-refractivity contribution is 0.241. The van der Waals surface area contributed by atoms with Crippen LogP contribution in [0.3, 0.4) is 0 Å². The molecule has 0 N–H and O–H groups in total. The van der Waals surface area contributed by atoms with Gasteiger partial charge in [0.1, 0.15) is 11.5 Å². The smallest absolute Gasteiger partial charge is 0.344 e. The highest BCUT2D eigenvalue weighted by molar-refractivity contribution is 7.25. The van der Waals surface area contributed by atoms with E-state index in [-0.39, 0.29) is 11.5 Å². The van der Waals surface area contributed by atoms with Gasteiger partial charge in [-0.2, -0.15) is 26.3 Å². The van der Waals surface area contributed by atoms with Gasteiger partial charge in [0.15, 0.2) is 0 Å². The fraction of sp³-hybridized carbons (Fsp3) is 0. The maximum Gasteiger partial charge on any atom is 0.344 e. The van der Waals surface area contributed by atoms with Crippen LogP contribution in [0.25, 0.3) is 30.6 Å². The first-order valence-corrected chi connectivity index (χ1v) is 11.1. The number of benzene rings is 2. The summed E-state index contributed by atoms with van der Waals surface area (Å²) in [5, 5.41) is 0. The topological polar surface area (TPSA) is 18.5 Å². The number of hydrogen-bond acceptors (Lipinski definition) is 4. The summed E-state index contributed by atoms with van der Waals surface area (Å²) in [5.74, 6) is -0.0857. The van der Waals surface area contributed by atoms with Gasteiger partial charge < -0.3 is 9.47 Å². The maximum atomic E-state index is 12.9. The molecule has 0 bridgehead atoms. The zero-order valence-corrected chi connectivity index (χ0v) is 18.5. The predicted molar refractivity (Wildman–Crippen MR) is 120 cm³/mol. The molecule has 0 saturated heterocycles. The summed E-state index contributed by atoms with van der Waals surface area (Å²) in [6.45, 7) is 0. The Kier molecular flexibility index (Phi) is 7.09. The summed E-state index contributed by atoms with van der Waals surface area (Å²) < 4.78 is 83.3. The Hall–Kier alpha value is -3.50. The number of thiophene rings is 2. The van der Waals surface area contributed by atoms with Crippen LogP contribution >= 0.6 is 22.7 Å². The molecule has 0 saturated carbocycles. The molecular formula is C24H12F6O2S2. The molecule has 0 fully saturated rings. The van der Waals surface area contributed by atoms with Gasteiger partial charge in [0.2, 0.25) is 0 Å². The van der Waals surface area contributed by atoms with Crippen molar-refractivity contribution < 1.29 is 35.8 Å². The second-order valence-electron chi connectivity index (χ2n) is 6.65. The molecule has 0 aliphatic heterocycles. The lowest BCUT2D eigenvalue weighted by Gasteiger charge is -2.03. The molecule has 0 radical (unpaired) electrons. The van der Waals surface area contributed by atoms with Crippen molar-refractivity contribution in [3.63, 3.8) is 0 Å². The molecule has 2 heterocycles. The SMILES string of the molecule is FC(F)=C(F)Oc1ccc(-c2ccc(-c3ccc(-c4ccc(OC(F)=C(F)F)cc4)s3)s2)cc1. The third-order valence-corrected chi connectivity index (χ3v) is 6.91. The van der Waals surface area contributed by atoms with Crippen molar-refractivity contribution in [3.05, 3.63) is 97.0 Å². The Morgan fingerprint density at radius 2 is 0.765 bits per heavy atom. The lowest BCUT2D eigenvalue weighted by Crippen LogP contribution is -1.90. The van der Waals surface area contributed by atoms with Crippen LogP contribution in [0, 0.1) is 0 Å². The average Bonchev–Trinajstić information content (AvgIpc) is 3.50. The van der Waals surface area contributed by atoms with Gasteiger partial charge >= 0.3 is 24.2 Å². The maximum absolute atomic E-state index is 12.9. The van der Waals surface area contributed by atoms with E-state index in [9.17, 15) is 26.3 Å². The molecule has 0 amide bonds. The predicted octanol–water partition coefficient (Wildman–Crippen LogP) is 9.64. The van der Waals surface area contributed by atoms with Gasteiger partial charge in [0.05, 0.1) is 0 Å². The lowest BCUT2D eigenvalue weighted by atomic mass is 10.2. The summed E-state index contributed by atoms with van der Waals surface area (Å²) in [6, 6.07) is 16.0. The van der Waals surface area contributed by atoms with Gasteiger partial charge in [-0.25, -0.2) is 0 Å². The molecule has 2 aromatic heterocycles. The molecule has 0 unspecified atom stereocenters. The first kappa shape index (κ1) is 23.7. The molecule has 4 rings (SSSR count). The third kappa shape index (κ3) is 5.52. The first-order valence-electron chi connectivity index (χ1n) is 9.48. The molecule has 34 heavy (non-hydrogen) atoms. The molecule has 2 aromatic carbocycles. The van der Waals surface area contributed by atoms with Crippen molar-refractivity contribution in [2.75, 3.05) is 0 Å². The zero-order valence-electron chi connectivity index (χ0n) is 16.8. The Morgan fingerprint density at radius 1 is 0.441 bits per heavy atom. The molecule has 0 atom stereocenters. The summed E-state index contributed by atoms with van der Waals surface area (Å²) in [7, 11) is 0. The van der Waals surface area contributed by atoms with Gasteiger partial charge in [0.25, 0.3) is 0 Å². The van der Waals surface area contributed by atoms with E-state index in [2.05, 4.69) is 9.47 Å². The molecule has 174 valence electrons. The van der Waals surface area contributed by atoms with Crippen molar-refractivity contribution >= 4 is 22.7 Å². The van der Waals surface area contributed by atoms with E-state index in [1.165, 1.54) is 46.9 Å². The van der Waals surface area contributed by atoms with Gasteiger partial charge in [-0.05, 0) is 83.9 Å². The Labute approximate surface area is 197 Å². The van der Waals surface area contributed by atoms with E-state index in [1.807, 2.05) is 24.3 Å². The van der Waals surface area contributed by atoms with E-state index < -0.39 is 24.2 Å². The zero-order chi connectivity index (χ0) is 24.2. The highest BCUT2D eigenvalue weighted by Gasteiger charge is 2.12. The summed E-state index contributed by atoms with van der Waals surface area (Å²) >= 11 is 3.03. The van der Waals surface area contributed by atoms with E-state index >= 15 is 0 Å². The number of hydrogen-bond donors (Lipinski definition) is 0. The second-order valence-corrected chi connectivity index (χ2v) is 8.82. The molecule has 10 heteroatoms. The summed E-state index contributed by atoms with van der Waals surface area (Å²) in [6.07, 6.45) is -5.05. The van der Waals surface area contributed by atoms with Crippen molar-refractivity contribution in [3.8, 4) is 42.1 Å². The largest absolute Gasteiger partial charge is 0.428 e. The van der Waals surface area contributed by atoms with Crippen LogP contribution in [0.1, 0.15) is 0 Å². The van der Waals surface area contributed by atoms with E-state index in [4.69, 9.17) is 0 Å². The van der Waals surface area contributed by atoms with E-state index in [0.717, 1.165) is 30.6 Å². The summed E-state index contributed by atoms with van der Waals surface area (Å²) in [5.41, 5.74) is 1.62. The molecule has 0 aliphatic rings. The highest BCUT2D eigenvalue weighted by Crippen LogP contribution is 2.41. The van der Waals surface area contributed by atoms with Crippen LogP contribution in [0.2, 0.25) is 0 Å². The standard InChI is InChI=1S/C24H12F6O2S2/c25-21(26)23(29)31-15-5-1-13(2-6-15)17-9-11-19(33-17)20-12-10-18(34-20)14-3-7-16(8-4-14)32-24(30)22(27)28/h1-12H. The van der Waals surface area contributed by atoms with E-state index in [0.29, 0.717) is 0 Å². The minimum Gasteiger partial charge on any atom is -0.428 e. The number of ether oxygens (including phenoxy) is 2.